The minimum atomic E-state index is 0.0632. The number of hydrogen-bond acceptors (Lipinski definition) is 1. The van der Waals surface area contributed by atoms with Crippen LogP contribution < -0.4 is 0 Å². The first-order chi connectivity index (χ1) is 5.67. The molecule has 0 spiro atoms. The Morgan fingerprint density at radius 3 is 2.67 bits per heavy atom. The standard InChI is InChI=1S/C9H16Br2O/c1-2-3-4-5-8-9(10,11)6-7-12-8/h8H,2-7H2,1H3. The van der Waals surface area contributed by atoms with Gasteiger partial charge in [0, 0.05) is 6.61 Å². The van der Waals surface area contributed by atoms with Crippen LogP contribution >= 0.6 is 31.9 Å². The molecule has 0 amide bonds. The normalized spacial score (nSPS) is 27.8. The molecule has 1 nitrogen and oxygen atoms in total. The highest BCUT2D eigenvalue weighted by molar-refractivity contribution is 9.25. The predicted octanol–water partition coefficient (Wildman–Crippen LogP) is 3.84. The van der Waals surface area contributed by atoms with Crippen molar-refractivity contribution in [1.82, 2.24) is 0 Å². The van der Waals surface area contributed by atoms with E-state index in [1.807, 2.05) is 0 Å². The van der Waals surface area contributed by atoms with Gasteiger partial charge in [0.05, 0.1) is 6.10 Å². The van der Waals surface area contributed by atoms with Crippen molar-refractivity contribution in [2.24, 2.45) is 0 Å². The van der Waals surface area contributed by atoms with Crippen LogP contribution in [0.25, 0.3) is 0 Å². The zero-order chi connectivity index (χ0) is 9.03. The number of unbranched alkanes of at least 4 members (excludes halogenated alkanes) is 2. The molecule has 1 fully saturated rings. The predicted molar refractivity (Wildman–Crippen MR) is 59.1 cm³/mol. The highest BCUT2D eigenvalue weighted by atomic mass is 79.9. The van der Waals surface area contributed by atoms with E-state index in [0.717, 1.165) is 13.0 Å². The van der Waals surface area contributed by atoms with Gasteiger partial charge >= 0.3 is 0 Å². The van der Waals surface area contributed by atoms with Crippen LogP contribution in [0.3, 0.4) is 0 Å². The molecule has 0 aromatic rings. The van der Waals surface area contributed by atoms with Gasteiger partial charge in [-0.15, -0.1) is 0 Å². The first-order valence-electron chi connectivity index (χ1n) is 4.66. The molecule has 1 aliphatic rings. The lowest BCUT2D eigenvalue weighted by atomic mass is 10.1. The van der Waals surface area contributed by atoms with Crippen molar-refractivity contribution in [3.63, 3.8) is 0 Å². The highest BCUT2D eigenvalue weighted by Crippen LogP contribution is 2.42. The van der Waals surface area contributed by atoms with Crippen LogP contribution in [0.15, 0.2) is 0 Å². The third-order valence-corrected chi connectivity index (χ3v) is 4.11. The molecule has 0 aromatic heterocycles. The van der Waals surface area contributed by atoms with Gasteiger partial charge in [-0.05, 0) is 12.8 Å². The summed E-state index contributed by atoms with van der Waals surface area (Å²) >= 11 is 7.31. The van der Waals surface area contributed by atoms with Crippen molar-refractivity contribution in [3.05, 3.63) is 0 Å². The van der Waals surface area contributed by atoms with E-state index >= 15 is 0 Å². The Kier molecular flexibility index (Phi) is 4.55. The zero-order valence-electron chi connectivity index (χ0n) is 7.48. The van der Waals surface area contributed by atoms with Crippen LogP contribution in [0.4, 0.5) is 0 Å². The Hall–Kier alpha value is 0.920. The fourth-order valence-corrected chi connectivity index (χ4v) is 2.54. The number of alkyl halides is 2. The summed E-state index contributed by atoms with van der Waals surface area (Å²) in [6, 6.07) is 0. The fourth-order valence-electron chi connectivity index (χ4n) is 1.49. The monoisotopic (exact) mass is 298 g/mol. The van der Waals surface area contributed by atoms with Gasteiger partial charge < -0.3 is 4.74 Å². The molecule has 3 heteroatoms. The zero-order valence-corrected chi connectivity index (χ0v) is 10.7. The van der Waals surface area contributed by atoms with Crippen molar-refractivity contribution in [3.8, 4) is 0 Å². The quantitative estimate of drug-likeness (QED) is 0.566. The SMILES string of the molecule is CCCCCC1OCCC1(Br)Br. The summed E-state index contributed by atoms with van der Waals surface area (Å²) < 4.78 is 5.68. The molecule has 1 saturated heterocycles. The fraction of sp³-hybridized carbons (Fsp3) is 1.00. The summed E-state index contributed by atoms with van der Waals surface area (Å²) in [5, 5.41) is 0. The average molecular weight is 300 g/mol. The Bertz CT molecular complexity index is 136. The Balaban J connectivity index is 2.22. The lowest BCUT2D eigenvalue weighted by Crippen LogP contribution is -2.24. The minimum absolute atomic E-state index is 0.0632. The Morgan fingerprint density at radius 1 is 1.42 bits per heavy atom. The molecule has 0 N–H and O–H groups in total. The van der Waals surface area contributed by atoms with Gasteiger partial charge in [0.1, 0.15) is 3.23 Å². The van der Waals surface area contributed by atoms with Gasteiger partial charge in [-0.25, -0.2) is 0 Å². The molecule has 1 rings (SSSR count). The molecule has 1 aliphatic heterocycles. The lowest BCUT2D eigenvalue weighted by Gasteiger charge is -2.20. The van der Waals surface area contributed by atoms with E-state index in [-0.39, 0.29) is 3.23 Å². The summed E-state index contributed by atoms with van der Waals surface area (Å²) in [4.78, 5) is 0. The molecule has 0 aliphatic carbocycles. The summed E-state index contributed by atoms with van der Waals surface area (Å²) in [6.07, 6.45) is 6.48. The first kappa shape index (κ1) is 11.0. The number of rotatable bonds is 4. The van der Waals surface area contributed by atoms with E-state index in [0.29, 0.717) is 6.10 Å². The Labute approximate surface area is 91.5 Å². The smallest absolute Gasteiger partial charge is 0.109 e. The van der Waals surface area contributed by atoms with E-state index < -0.39 is 0 Å². The number of halogens is 2. The molecule has 1 atom stereocenters. The molecule has 0 bridgehead atoms. The molecule has 0 aromatic carbocycles. The maximum Gasteiger partial charge on any atom is 0.109 e. The van der Waals surface area contributed by atoms with Crippen molar-refractivity contribution in [2.75, 3.05) is 6.61 Å². The summed E-state index contributed by atoms with van der Waals surface area (Å²) in [5.74, 6) is 0. The summed E-state index contributed by atoms with van der Waals surface area (Å²) in [7, 11) is 0. The van der Waals surface area contributed by atoms with E-state index in [1.54, 1.807) is 0 Å². The summed E-state index contributed by atoms with van der Waals surface area (Å²) in [6.45, 7) is 3.11. The molecule has 12 heavy (non-hydrogen) atoms. The van der Waals surface area contributed by atoms with Gasteiger partial charge in [-0.2, -0.15) is 0 Å². The first-order valence-corrected chi connectivity index (χ1v) is 6.25. The molecule has 0 saturated carbocycles. The molecular weight excluding hydrogens is 284 g/mol. The van der Waals surface area contributed by atoms with E-state index in [2.05, 4.69) is 38.8 Å². The van der Waals surface area contributed by atoms with Crippen molar-refractivity contribution < 1.29 is 4.74 Å². The second-order valence-corrected chi connectivity index (χ2v) is 7.26. The molecule has 0 radical (unpaired) electrons. The third-order valence-electron chi connectivity index (χ3n) is 2.30. The van der Waals surface area contributed by atoms with Crippen LogP contribution in [-0.2, 0) is 4.74 Å². The topological polar surface area (TPSA) is 9.23 Å². The molecule has 72 valence electrons. The highest BCUT2D eigenvalue weighted by Gasteiger charge is 2.38. The second-order valence-electron chi connectivity index (χ2n) is 3.37. The maximum atomic E-state index is 5.62. The van der Waals surface area contributed by atoms with Gasteiger partial charge in [-0.1, -0.05) is 58.0 Å². The van der Waals surface area contributed by atoms with Crippen molar-refractivity contribution >= 4 is 31.9 Å². The Morgan fingerprint density at radius 2 is 2.17 bits per heavy atom. The van der Waals surface area contributed by atoms with Gasteiger partial charge in [-0.3, -0.25) is 0 Å². The minimum Gasteiger partial charge on any atom is -0.376 e. The molecule has 1 unspecified atom stereocenters. The third kappa shape index (κ3) is 3.00. The van der Waals surface area contributed by atoms with Crippen LogP contribution in [-0.4, -0.2) is 15.9 Å². The van der Waals surface area contributed by atoms with Gasteiger partial charge in [0.15, 0.2) is 0 Å². The summed E-state index contributed by atoms with van der Waals surface area (Å²) in [5.41, 5.74) is 0. The van der Waals surface area contributed by atoms with Crippen molar-refractivity contribution in [1.29, 1.82) is 0 Å². The lowest BCUT2D eigenvalue weighted by molar-refractivity contribution is 0.102. The van der Waals surface area contributed by atoms with Gasteiger partial charge in [0.25, 0.3) is 0 Å². The van der Waals surface area contributed by atoms with Crippen LogP contribution in [0.5, 0.6) is 0 Å². The van der Waals surface area contributed by atoms with E-state index in [4.69, 9.17) is 4.74 Å². The van der Waals surface area contributed by atoms with E-state index in [9.17, 15) is 0 Å². The second kappa shape index (κ2) is 4.97. The van der Waals surface area contributed by atoms with Gasteiger partial charge in [0.2, 0.25) is 0 Å². The number of ether oxygens (including phenoxy) is 1. The van der Waals surface area contributed by atoms with Crippen LogP contribution in [0.2, 0.25) is 0 Å². The van der Waals surface area contributed by atoms with Crippen LogP contribution in [0.1, 0.15) is 39.0 Å². The number of hydrogen-bond donors (Lipinski definition) is 0. The van der Waals surface area contributed by atoms with E-state index in [1.165, 1.54) is 25.7 Å². The molecule has 1 heterocycles. The average Bonchev–Trinajstić information content (AvgIpc) is 2.32. The maximum absolute atomic E-state index is 5.62. The molecular formula is C9H16Br2O. The van der Waals surface area contributed by atoms with Crippen LogP contribution in [0, 0.1) is 0 Å². The van der Waals surface area contributed by atoms with Crippen molar-refractivity contribution in [2.45, 2.75) is 48.4 Å². The largest absolute Gasteiger partial charge is 0.376 e.